The maximum Gasteiger partial charge on any atom is 0.0991 e. The number of nitrogens with zero attached hydrogens (tertiary/aromatic N) is 1. The zero-order valence-corrected chi connectivity index (χ0v) is 9.79. The summed E-state index contributed by atoms with van der Waals surface area (Å²) in [5, 5.41) is 8.71. The number of benzene rings is 2. The van der Waals surface area contributed by atoms with Crippen molar-refractivity contribution in [3.8, 4) is 17.2 Å². The van der Waals surface area contributed by atoms with Gasteiger partial charge >= 0.3 is 0 Å². The topological polar surface area (TPSA) is 23.8 Å². The van der Waals surface area contributed by atoms with Crippen molar-refractivity contribution in [2.24, 2.45) is 0 Å². The average Bonchev–Trinajstić information content (AvgIpc) is 2.39. The number of nitriles is 1. The molecule has 16 heavy (non-hydrogen) atoms. The third-order valence-corrected chi connectivity index (χ3v) is 3.18. The van der Waals surface area contributed by atoms with Gasteiger partial charge in [0.05, 0.1) is 11.6 Å². The summed E-state index contributed by atoms with van der Waals surface area (Å²) in [6.07, 6.45) is 2.07. The molecule has 0 atom stereocenters. The molecule has 2 aromatic carbocycles. The minimum atomic E-state index is 0.699. The van der Waals surface area contributed by atoms with Gasteiger partial charge in [-0.25, -0.2) is 0 Å². The first-order valence-electron chi connectivity index (χ1n) is 4.98. The quantitative estimate of drug-likeness (QED) is 0.723. The van der Waals surface area contributed by atoms with E-state index < -0.39 is 0 Å². The molecule has 2 heteroatoms. The number of hydrogen-bond acceptors (Lipinski definition) is 2. The summed E-state index contributed by atoms with van der Waals surface area (Å²) in [5.74, 6) is 0. The first kappa shape index (κ1) is 10.8. The lowest BCUT2D eigenvalue weighted by Gasteiger charge is -2.02. The van der Waals surface area contributed by atoms with E-state index in [1.165, 1.54) is 10.5 Å². The third kappa shape index (κ3) is 2.26. The monoisotopic (exact) mass is 225 g/mol. The molecule has 0 heterocycles. The first-order valence-corrected chi connectivity index (χ1v) is 6.20. The molecule has 0 saturated heterocycles. The Morgan fingerprint density at radius 1 is 0.875 bits per heavy atom. The van der Waals surface area contributed by atoms with Crippen molar-refractivity contribution in [1.29, 1.82) is 5.26 Å². The zero-order chi connectivity index (χ0) is 11.4. The molecule has 0 unspecified atom stereocenters. The van der Waals surface area contributed by atoms with E-state index in [0.717, 1.165) is 5.56 Å². The highest BCUT2D eigenvalue weighted by molar-refractivity contribution is 7.98. The molecule has 0 radical (unpaired) electrons. The number of hydrogen-bond donors (Lipinski definition) is 0. The molecule has 0 aliphatic rings. The second-order valence-electron chi connectivity index (χ2n) is 3.42. The normalized spacial score (nSPS) is 9.75. The highest BCUT2D eigenvalue weighted by Gasteiger charge is 1.98. The van der Waals surface area contributed by atoms with Gasteiger partial charge in [0.1, 0.15) is 0 Å². The summed E-state index contributed by atoms with van der Waals surface area (Å²) in [4.78, 5) is 1.26. The first-order chi connectivity index (χ1) is 7.83. The van der Waals surface area contributed by atoms with Crippen LogP contribution in [0.4, 0.5) is 0 Å². The molecule has 1 nitrogen and oxygen atoms in total. The molecule has 2 rings (SSSR count). The Balaban J connectivity index is 2.32. The van der Waals surface area contributed by atoms with Gasteiger partial charge < -0.3 is 0 Å². The van der Waals surface area contributed by atoms with Crippen LogP contribution < -0.4 is 0 Å². The summed E-state index contributed by atoms with van der Waals surface area (Å²) in [6, 6.07) is 18.2. The fourth-order valence-electron chi connectivity index (χ4n) is 1.52. The van der Waals surface area contributed by atoms with E-state index in [4.69, 9.17) is 5.26 Å². The van der Waals surface area contributed by atoms with Gasteiger partial charge in [-0.2, -0.15) is 5.26 Å². The fraction of sp³-hybridized carbons (Fsp3) is 0.0714. The van der Waals surface area contributed by atoms with Crippen LogP contribution in [0.2, 0.25) is 0 Å². The number of rotatable bonds is 2. The van der Waals surface area contributed by atoms with Crippen LogP contribution in [-0.4, -0.2) is 6.26 Å². The van der Waals surface area contributed by atoms with Crippen LogP contribution in [0.1, 0.15) is 5.56 Å². The molecule has 0 aliphatic carbocycles. The maximum absolute atomic E-state index is 8.71. The van der Waals surface area contributed by atoms with Crippen LogP contribution in [-0.2, 0) is 0 Å². The summed E-state index contributed by atoms with van der Waals surface area (Å²) < 4.78 is 0. The van der Waals surface area contributed by atoms with Crippen molar-refractivity contribution >= 4 is 11.8 Å². The average molecular weight is 225 g/mol. The molecular weight excluding hydrogens is 214 g/mol. The molecule has 0 N–H and O–H groups in total. The van der Waals surface area contributed by atoms with E-state index in [0.29, 0.717) is 5.56 Å². The Morgan fingerprint density at radius 3 is 1.81 bits per heavy atom. The van der Waals surface area contributed by atoms with Crippen LogP contribution >= 0.6 is 11.8 Å². The van der Waals surface area contributed by atoms with Gasteiger partial charge in [-0.1, -0.05) is 24.3 Å². The van der Waals surface area contributed by atoms with Gasteiger partial charge in [0.15, 0.2) is 0 Å². The predicted molar refractivity (Wildman–Crippen MR) is 68.4 cm³/mol. The molecular formula is C14H11NS. The second-order valence-corrected chi connectivity index (χ2v) is 4.30. The Hall–Kier alpha value is -1.72. The molecule has 78 valence electrons. The Kier molecular flexibility index (Phi) is 3.28. The molecule has 0 spiro atoms. The van der Waals surface area contributed by atoms with Crippen molar-refractivity contribution in [2.75, 3.05) is 6.26 Å². The van der Waals surface area contributed by atoms with Crippen molar-refractivity contribution < 1.29 is 0 Å². The van der Waals surface area contributed by atoms with Crippen molar-refractivity contribution in [3.05, 3.63) is 54.1 Å². The minimum absolute atomic E-state index is 0.699. The van der Waals surface area contributed by atoms with E-state index in [2.05, 4.69) is 36.6 Å². The van der Waals surface area contributed by atoms with Crippen molar-refractivity contribution in [2.45, 2.75) is 4.90 Å². The molecule has 2 aromatic rings. The zero-order valence-electron chi connectivity index (χ0n) is 8.97. The summed E-state index contributed by atoms with van der Waals surface area (Å²) >= 11 is 1.74. The highest BCUT2D eigenvalue weighted by atomic mass is 32.2. The van der Waals surface area contributed by atoms with Crippen LogP contribution in [0.15, 0.2) is 53.4 Å². The molecule has 0 fully saturated rings. The van der Waals surface area contributed by atoms with E-state index in [1.54, 1.807) is 11.8 Å². The lowest BCUT2D eigenvalue weighted by molar-refractivity contribution is 1.45. The maximum atomic E-state index is 8.71. The number of thioether (sulfide) groups is 1. The Labute approximate surface area is 99.7 Å². The third-order valence-electron chi connectivity index (χ3n) is 2.44. The van der Waals surface area contributed by atoms with Crippen LogP contribution in [0, 0.1) is 11.3 Å². The Bertz CT molecular complexity index is 506. The molecule has 0 saturated carbocycles. The minimum Gasteiger partial charge on any atom is -0.192 e. The summed E-state index contributed by atoms with van der Waals surface area (Å²) in [5.41, 5.74) is 3.03. The predicted octanol–water partition coefficient (Wildman–Crippen LogP) is 3.95. The molecule has 0 amide bonds. The smallest absolute Gasteiger partial charge is 0.0991 e. The van der Waals surface area contributed by atoms with Gasteiger partial charge in [0, 0.05) is 4.90 Å². The van der Waals surface area contributed by atoms with Gasteiger partial charge in [0.25, 0.3) is 0 Å². The largest absolute Gasteiger partial charge is 0.192 e. The van der Waals surface area contributed by atoms with Gasteiger partial charge in [-0.3, -0.25) is 0 Å². The second kappa shape index (κ2) is 4.87. The summed E-state index contributed by atoms with van der Waals surface area (Å²) in [7, 11) is 0. The van der Waals surface area contributed by atoms with Gasteiger partial charge in [0.2, 0.25) is 0 Å². The standard InChI is InChI=1S/C14H11NS/c1-16-14-8-6-13(7-9-14)12-4-2-11(10-15)3-5-12/h2-9H,1H3. The lowest BCUT2D eigenvalue weighted by Crippen LogP contribution is -1.79. The lowest BCUT2D eigenvalue weighted by atomic mass is 10.0. The van der Waals surface area contributed by atoms with Crippen molar-refractivity contribution in [3.63, 3.8) is 0 Å². The summed E-state index contributed by atoms with van der Waals surface area (Å²) in [6.45, 7) is 0. The van der Waals surface area contributed by atoms with Crippen LogP contribution in [0.5, 0.6) is 0 Å². The SMILES string of the molecule is CSc1ccc(-c2ccc(C#N)cc2)cc1. The van der Waals surface area contributed by atoms with E-state index >= 15 is 0 Å². The van der Waals surface area contributed by atoms with E-state index in [1.807, 2.05) is 24.3 Å². The van der Waals surface area contributed by atoms with Crippen molar-refractivity contribution in [1.82, 2.24) is 0 Å². The van der Waals surface area contributed by atoms with E-state index in [9.17, 15) is 0 Å². The van der Waals surface area contributed by atoms with E-state index in [-0.39, 0.29) is 0 Å². The van der Waals surface area contributed by atoms with Crippen LogP contribution in [0.3, 0.4) is 0 Å². The van der Waals surface area contributed by atoms with Gasteiger partial charge in [-0.05, 0) is 41.6 Å². The van der Waals surface area contributed by atoms with Crippen LogP contribution in [0.25, 0.3) is 11.1 Å². The Morgan fingerprint density at radius 2 is 1.38 bits per heavy atom. The fourth-order valence-corrected chi connectivity index (χ4v) is 1.93. The highest BCUT2D eigenvalue weighted by Crippen LogP contribution is 2.23. The van der Waals surface area contributed by atoms with Gasteiger partial charge in [-0.15, -0.1) is 11.8 Å². The molecule has 0 aromatic heterocycles. The molecule has 0 aliphatic heterocycles. The molecule has 0 bridgehead atoms.